The van der Waals surface area contributed by atoms with Gasteiger partial charge in [-0.3, -0.25) is 4.90 Å². The van der Waals surface area contributed by atoms with Crippen molar-refractivity contribution in [3.63, 3.8) is 0 Å². The minimum atomic E-state index is -3.07. The van der Waals surface area contributed by atoms with E-state index in [0.29, 0.717) is 24.9 Å². The fraction of sp³-hybridized carbons (Fsp3) is 1.00. The first kappa shape index (κ1) is 14.6. The summed E-state index contributed by atoms with van der Waals surface area (Å²) in [5.41, 5.74) is 0. The second-order valence-corrected chi connectivity index (χ2v) is 8.54. The molecule has 0 aromatic rings. The molecule has 18 heavy (non-hydrogen) atoms. The summed E-state index contributed by atoms with van der Waals surface area (Å²) in [5, 5.41) is 12.8. The first-order valence-corrected chi connectivity index (χ1v) is 9.50. The molecule has 2 unspecified atom stereocenters. The highest BCUT2D eigenvalue weighted by atomic mass is 32.2. The van der Waals surface area contributed by atoms with E-state index < -0.39 is 21.3 Å². The smallest absolute Gasteiger partial charge is 0.164 e. The normalized spacial score (nSPS) is 28.2. The number of nitrogens with one attached hydrogen (secondary N) is 1. The number of aliphatic hydroxyl groups excluding tert-OH is 1. The van der Waals surface area contributed by atoms with Crippen molar-refractivity contribution in [3.05, 3.63) is 0 Å². The van der Waals surface area contributed by atoms with E-state index in [1.54, 1.807) is 11.8 Å². The molecule has 2 rings (SSSR count). The van der Waals surface area contributed by atoms with E-state index in [9.17, 15) is 13.5 Å². The van der Waals surface area contributed by atoms with Crippen molar-refractivity contribution in [2.24, 2.45) is 0 Å². The lowest BCUT2D eigenvalue weighted by Crippen LogP contribution is -2.51. The van der Waals surface area contributed by atoms with Crippen LogP contribution < -0.4 is 5.32 Å². The first-order valence-electron chi connectivity index (χ1n) is 6.39. The zero-order valence-electron chi connectivity index (χ0n) is 10.7. The molecular weight excluding hydrogens is 272 g/mol. The Morgan fingerprint density at radius 1 is 1.50 bits per heavy atom. The molecule has 2 fully saturated rings. The van der Waals surface area contributed by atoms with Crippen molar-refractivity contribution in [1.29, 1.82) is 0 Å². The summed E-state index contributed by atoms with van der Waals surface area (Å²) in [4.78, 5) is 1.91. The topological polar surface area (TPSA) is 69.6 Å². The molecule has 2 N–H and O–H groups in total. The van der Waals surface area contributed by atoms with Gasteiger partial charge in [-0.25, -0.2) is 8.42 Å². The highest BCUT2D eigenvalue weighted by Gasteiger charge is 2.32. The second-order valence-electron chi connectivity index (χ2n) is 5.19. The summed E-state index contributed by atoms with van der Waals surface area (Å²) < 4.78 is 23.4. The predicted molar refractivity (Wildman–Crippen MR) is 74.6 cm³/mol. The Kier molecular flexibility index (Phi) is 4.93. The average molecular weight is 294 g/mol. The fourth-order valence-electron chi connectivity index (χ4n) is 2.14. The Bertz CT molecular complexity index is 370. The van der Waals surface area contributed by atoms with Crippen molar-refractivity contribution in [2.75, 3.05) is 37.4 Å². The SMILES string of the molecule is CS(=O)(=O)C1CSCCN1CC(O)CNC1CC1. The molecule has 1 aliphatic carbocycles. The molecule has 0 bridgehead atoms. The maximum atomic E-state index is 11.7. The molecule has 0 radical (unpaired) electrons. The molecule has 1 heterocycles. The molecule has 0 aromatic carbocycles. The fourth-order valence-corrected chi connectivity index (χ4v) is 5.10. The molecule has 7 heteroatoms. The van der Waals surface area contributed by atoms with Crippen LogP contribution in [0.15, 0.2) is 0 Å². The number of thioether (sulfide) groups is 1. The van der Waals surface area contributed by atoms with Crippen molar-refractivity contribution < 1.29 is 13.5 Å². The van der Waals surface area contributed by atoms with E-state index >= 15 is 0 Å². The van der Waals surface area contributed by atoms with Crippen LogP contribution in [0.2, 0.25) is 0 Å². The van der Waals surface area contributed by atoms with Gasteiger partial charge in [0, 0.05) is 43.4 Å². The third-order valence-corrected chi connectivity index (χ3v) is 6.04. The van der Waals surface area contributed by atoms with Crippen LogP contribution >= 0.6 is 11.8 Å². The van der Waals surface area contributed by atoms with Crippen LogP contribution in [0.3, 0.4) is 0 Å². The number of hydrogen-bond donors (Lipinski definition) is 2. The molecule has 1 saturated heterocycles. The Hall–Kier alpha value is 0.180. The van der Waals surface area contributed by atoms with Crippen molar-refractivity contribution in [1.82, 2.24) is 10.2 Å². The van der Waals surface area contributed by atoms with E-state index in [0.717, 1.165) is 12.3 Å². The lowest BCUT2D eigenvalue weighted by atomic mass is 10.3. The molecule has 5 nitrogen and oxygen atoms in total. The summed E-state index contributed by atoms with van der Waals surface area (Å²) in [6, 6.07) is 0.572. The van der Waals surface area contributed by atoms with Gasteiger partial charge in [0.1, 0.15) is 5.37 Å². The number of sulfone groups is 1. The summed E-state index contributed by atoms with van der Waals surface area (Å²) in [6.07, 6.45) is 3.18. The van der Waals surface area contributed by atoms with E-state index in [4.69, 9.17) is 0 Å². The standard InChI is InChI=1S/C11H22N2O3S2/c1-18(15,16)11-8-17-5-4-13(11)7-10(14)6-12-9-2-3-9/h9-12,14H,2-8H2,1H3. The van der Waals surface area contributed by atoms with E-state index in [1.165, 1.54) is 19.1 Å². The predicted octanol–water partition coefficient (Wildman–Crippen LogP) is -0.481. The molecule has 2 atom stereocenters. The number of hydrogen-bond acceptors (Lipinski definition) is 6. The molecule has 1 saturated carbocycles. The monoisotopic (exact) mass is 294 g/mol. The van der Waals surface area contributed by atoms with Crippen LogP contribution in [0.4, 0.5) is 0 Å². The van der Waals surface area contributed by atoms with Gasteiger partial charge >= 0.3 is 0 Å². The number of nitrogens with zero attached hydrogens (tertiary/aromatic N) is 1. The molecule has 1 aliphatic heterocycles. The zero-order valence-corrected chi connectivity index (χ0v) is 12.3. The lowest BCUT2D eigenvalue weighted by molar-refractivity contribution is 0.109. The number of aliphatic hydroxyl groups is 1. The summed E-state index contributed by atoms with van der Waals surface area (Å²) in [6.45, 7) is 1.74. The Morgan fingerprint density at radius 2 is 2.22 bits per heavy atom. The van der Waals surface area contributed by atoms with Crippen LogP contribution in [-0.4, -0.2) is 73.3 Å². The Labute approximate surface area is 113 Å². The largest absolute Gasteiger partial charge is 0.390 e. The van der Waals surface area contributed by atoms with Gasteiger partial charge in [-0.05, 0) is 12.8 Å². The van der Waals surface area contributed by atoms with Gasteiger partial charge in [0.05, 0.1) is 6.10 Å². The van der Waals surface area contributed by atoms with Gasteiger partial charge in [-0.2, -0.15) is 11.8 Å². The molecule has 2 aliphatic rings. The van der Waals surface area contributed by atoms with Gasteiger partial charge < -0.3 is 10.4 Å². The van der Waals surface area contributed by atoms with Gasteiger partial charge in [0.15, 0.2) is 9.84 Å². The number of rotatable bonds is 6. The van der Waals surface area contributed by atoms with Crippen LogP contribution in [0, 0.1) is 0 Å². The summed E-state index contributed by atoms with van der Waals surface area (Å²) in [5.74, 6) is 1.55. The third kappa shape index (κ3) is 4.38. The van der Waals surface area contributed by atoms with Gasteiger partial charge in [-0.15, -0.1) is 0 Å². The maximum absolute atomic E-state index is 11.7. The molecule has 0 spiro atoms. The highest BCUT2D eigenvalue weighted by Crippen LogP contribution is 2.21. The van der Waals surface area contributed by atoms with E-state index in [-0.39, 0.29) is 0 Å². The van der Waals surface area contributed by atoms with Crippen LogP contribution in [0.25, 0.3) is 0 Å². The Balaban J connectivity index is 1.84. The second kappa shape index (κ2) is 6.09. The summed E-state index contributed by atoms with van der Waals surface area (Å²) >= 11 is 1.67. The van der Waals surface area contributed by atoms with Gasteiger partial charge in [0.25, 0.3) is 0 Å². The summed E-state index contributed by atoms with van der Waals surface area (Å²) in [7, 11) is -3.07. The Morgan fingerprint density at radius 3 is 2.83 bits per heavy atom. The highest BCUT2D eigenvalue weighted by molar-refractivity contribution is 8.00. The average Bonchev–Trinajstić information content (AvgIpc) is 3.09. The first-order chi connectivity index (χ1) is 8.47. The van der Waals surface area contributed by atoms with Crippen molar-refractivity contribution in [3.8, 4) is 0 Å². The van der Waals surface area contributed by atoms with E-state index in [2.05, 4.69) is 5.32 Å². The molecule has 0 aromatic heterocycles. The van der Waals surface area contributed by atoms with Crippen molar-refractivity contribution >= 4 is 21.6 Å². The maximum Gasteiger partial charge on any atom is 0.164 e. The van der Waals surface area contributed by atoms with E-state index in [1.807, 2.05) is 4.90 Å². The quantitative estimate of drug-likeness (QED) is 0.689. The van der Waals surface area contributed by atoms with Gasteiger partial charge in [-0.1, -0.05) is 0 Å². The third-order valence-electron chi connectivity index (χ3n) is 3.35. The van der Waals surface area contributed by atoms with Crippen LogP contribution in [0.5, 0.6) is 0 Å². The zero-order chi connectivity index (χ0) is 13.2. The molecule has 106 valence electrons. The van der Waals surface area contributed by atoms with Crippen LogP contribution in [0.1, 0.15) is 12.8 Å². The van der Waals surface area contributed by atoms with Gasteiger partial charge in [0.2, 0.25) is 0 Å². The lowest BCUT2D eigenvalue weighted by Gasteiger charge is -2.35. The van der Waals surface area contributed by atoms with Crippen LogP contribution in [-0.2, 0) is 9.84 Å². The van der Waals surface area contributed by atoms with Crippen molar-refractivity contribution in [2.45, 2.75) is 30.4 Å². The number of β-amino-alcohol motifs (C(OH)–C–C–N with tert-alkyl or cyclic N) is 1. The minimum absolute atomic E-state index is 0.438. The minimum Gasteiger partial charge on any atom is -0.390 e. The molecular formula is C11H22N2O3S2. The molecule has 0 amide bonds.